The lowest BCUT2D eigenvalue weighted by Crippen LogP contribution is -2.41. The zero-order chi connectivity index (χ0) is 17.9. The van der Waals surface area contributed by atoms with Crippen LogP contribution < -0.4 is 21.1 Å². The van der Waals surface area contributed by atoms with Crippen molar-refractivity contribution in [2.45, 2.75) is 36.6 Å². The van der Waals surface area contributed by atoms with Crippen molar-refractivity contribution in [2.24, 2.45) is 10.6 Å². The SMILES string of the molecule is NS(=O)(=O)c1ccc(CCNC(=O)C2CC3(CCNCC3)CN2)cc1. The molecule has 138 valence electrons. The second kappa shape index (κ2) is 7.41. The van der Waals surface area contributed by atoms with Crippen LogP contribution in [0, 0.1) is 5.41 Å². The quantitative estimate of drug-likeness (QED) is 0.573. The number of amides is 1. The number of nitrogens with two attached hydrogens (primary N) is 1. The molecular formula is C17H26N4O3S. The maximum absolute atomic E-state index is 12.4. The molecule has 0 radical (unpaired) electrons. The molecule has 1 aromatic carbocycles. The summed E-state index contributed by atoms with van der Waals surface area (Å²) in [7, 11) is -3.66. The van der Waals surface area contributed by atoms with Crippen LogP contribution in [-0.4, -0.2) is 46.5 Å². The van der Waals surface area contributed by atoms with Gasteiger partial charge in [0.2, 0.25) is 15.9 Å². The van der Waals surface area contributed by atoms with E-state index in [0.29, 0.717) is 13.0 Å². The number of sulfonamides is 1. The Morgan fingerprint density at radius 2 is 1.92 bits per heavy atom. The smallest absolute Gasteiger partial charge is 0.238 e. The number of primary sulfonamides is 1. The van der Waals surface area contributed by atoms with Crippen molar-refractivity contribution < 1.29 is 13.2 Å². The van der Waals surface area contributed by atoms with Crippen molar-refractivity contribution in [2.75, 3.05) is 26.2 Å². The van der Waals surface area contributed by atoms with E-state index >= 15 is 0 Å². The van der Waals surface area contributed by atoms with Gasteiger partial charge >= 0.3 is 0 Å². The van der Waals surface area contributed by atoms with Crippen LogP contribution in [0.2, 0.25) is 0 Å². The zero-order valence-corrected chi connectivity index (χ0v) is 15.1. The number of nitrogens with one attached hydrogen (secondary N) is 3. The Hall–Kier alpha value is -1.48. The number of hydrogen-bond acceptors (Lipinski definition) is 5. The highest BCUT2D eigenvalue weighted by atomic mass is 32.2. The maximum Gasteiger partial charge on any atom is 0.238 e. The van der Waals surface area contributed by atoms with Crippen LogP contribution in [0.15, 0.2) is 29.2 Å². The van der Waals surface area contributed by atoms with Crippen LogP contribution in [0.25, 0.3) is 0 Å². The van der Waals surface area contributed by atoms with Gasteiger partial charge < -0.3 is 16.0 Å². The third kappa shape index (κ3) is 4.58. The average Bonchev–Trinajstić information content (AvgIpc) is 2.99. The van der Waals surface area contributed by atoms with Crippen LogP contribution in [0.5, 0.6) is 0 Å². The summed E-state index contributed by atoms with van der Waals surface area (Å²) < 4.78 is 22.5. The first kappa shape index (κ1) is 18.3. The Kier molecular flexibility index (Phi) is 5.43. The average molecular weight is 366 g/mol. The summed E-state index contributed by atoms with van der Waals surface area (Å²) in [6, 6.07) is 6.33. The summed E-state index contributed by atoms with van der Waals surface area (Å²) in [5.74, 6) is 0.0524. The largest absolute Gasteiger partial charge is 0.354 e. The molecule has 25 heavy (non-hydrogen) atoms. The van der Waals surface area contributed by atoms with Crippen molar-refractivity contribution >= 4 is 15.9 Å². The molecule has 0 aromatic heterocycles. The van der Waals surface area contributed by atoms with Gasteiger partial charge in [-0.1, -0.05) is 12.1 Å². The van der Waals surface area contributed by atoms with Crippen molar-refractivity contribution in [1.82, 2.24) is 16.0 Å². The molecule has 1 amide bonds. The minimum Gasteiger partial charge on any atom is -0.354 e. The van der Waals surface area contributed by atoms with Crippen molar-refractivity contribution in [3.8, 4) is 0 Å². The summed E-state index contributed by atoms with van der Waals surface area (Å²) in [6.45, 7) is 3.51. The van der Waals surface area contributed by atoms with Crippen LogP contribution in [0.4, 0.5) is 0 Å². The first-order valence-corrected chi connectivity index (χ1v) is 10.3. The molecule has 0 aliphatic carbocycles. The van der Waals surface area contributed by atoms with E-state index < -0.39 is 10.0 Å². The molecule has 8 heteroatoms. The predicted octanol–water partition coefficient (Wildman–Crippen LogP) is -0.276. The number of carbonyl (C=O) groups excluding carboxylic acids is 1. The van der Waals surface area contributed by atoms with E-state index in [2.05, 4.69) is 16.0 Å². The minimum atomic E-state index is -3.66. The highest BCUT2D eigenvalue weighted by Crippen LogP contribution is 2.37. The van der Waals surface area contributed by atoms with Crippen molar-refractivity contribution in [3.63, 3.8) is 0 Å². The highest BCUT2D eigenvalue weighted by molar-refractivity contribution is 7.89. The molecule has 1 aromatic rings. The lowest BCUT2D eigenvalue weighted by Gasteiger charge is -2.33. The second-order valence-corrected chi connectivity index (χ2v) is 8.68. The molecule has 1 atom stereocenters. The third-order valence-electron chi connectivity index (χ3n) is 5.31. The molecule has 7 nitrogen and oxygen atoms in total. The van der Waals surface area contributed by atoms with Gasteiger partial charge in [-0.3, -0.25) is 4.79 Å². The number of carbonyl (C=O) groups is 1. The van der Waals surface area contributed by atoms with E-state index in [-0.39, 0.29) is 22.3 Å². The lowest BCUT2D eigenvalue weighted by atomic mass is 9.77. The monoisotopic (exact) mass is 366 g/mol. The third-order valence-corrected chi connectivity index (χ3v) is 6.24. The van der Waals surface area contributed by atoms with Gasteiger partial charge in [0.1, 0.15) is 0 Å². The second-order valence-electron chi connectivity index (χ2n) is 7.12. The van der Waals surface area contributed by atoms with Crippen molar-refractivity contribution in [1.29, 1.82) is 0 Å². The van der Waals surface area contributed by atoms with Gasteiger partial charge in [-0.05, 0) is 61.9 Å². The normalized spacial score (nSPS) is 22.8. The summed E-state index contributed by atoms with van der Waals surface area (Å²) >= 11 is 0. The van der Waals surface area contributed by atoms with Gasteiger partial charge in [0.05, 0.1) is 10.9 Å². The standard InChI is InChI=1S/C17H26N4O3S/c18-25(23,24)14-3-1-13(2-4-14)5-8-20-16(22)15-11-17(12-21-15)6-9-19-10-7-17/h1-4,15,19,21H,5-12H2,(H,20,22)(H2,18,23,24). The first-order valence-electron chi connectivity index (χ1n) is 8.72. The Labute approximate surface area is 148 Å². The highest BCUT2D eigenvalue weighted by Gasteiger charge is 2.41. The molecule has 0 bridgehead atoms. The molecule has 3 rings (SSSR count). The fourth-order valence-corrected chi connectivity index (χ4v) is 4.25. The Morgan fingerprint density at radius 1 is 1.24 bits per heavy atom. The van der Waals surface area contributed by atoms with E-state index in [1.54, 1.807) is 12.1 Å². The van der Waals surface area contributed by atoms with E-state index in [0.717, 1.165) is 44.5 Å². The molecule has 2 fully saturated rings. The predicted molar refractivity (Wildman–Crippen MR) is 95.5 cm³/mol. The van der Waals surface area contributed by atoms with E-state index in [1.807, 2.05) is 0 Å². The van der Waals surface area contributed by atoms with Gasteiger partial charge in [0.25, 0.3) is 0 Å². The fraction of sp³-hybridized carbons (Fsp3) is 0.588. The first-order chi connectivity index (χ1) is 11.9. The molecule has 2 heterocycles. The summed E-state index contributed by atoms with van der Waals surface area (Å²) in [5.41, 5.74) is 1.23. The van der Waals surface area contributed by atoms with E-state index in [9.17, 15) is 13.2 Å². The van der Waals surface area contributed by atoms with Crippen LogP contribution in [-0.2, 0) is 21.2 Å². The van der Waals surface area contributed by atoms with Gasteiger partial charge in [0.15, 0.2) is 0 Å². The molecule has 2 aliphatic heterocycles. The molecule has 1 unspecified atom stereocenters. The van der Waals surface area contributed by atoms with Crippen LogP contribution in [0.1, 0.15) is 24.8 Å². The molecule has 0 saturated carbocycles. The molecule has 5 N–H and O–H groups in total. The zero-order valence-electron chi connectivity index (χ0n) is 14.3. The van der Waals surface area contributed by atoms with Gasteiger partial charge in [-0.2, -0.15) is 0 Å². The number of piperidine rings is 1. The topological polar surface area (TPSA) is 113 Å². The number of rotatable bonds is 5. The molecular weight excluding hydrogens is 340 g/mol. The van der Waals surface area contributed by atoms with Crippen LogP contribution >= 0.6 is 0 Å². The maximum atomic E-state index is 12.4. The van der Waals surface area contributed by atoms with E-state index in [1.165, 1.54) is 12.1 Å². The summed E-state index contributed by atoms with van der Waals surface area (Å²) in [6.07, 6.45) is 3.81. The van der Waals surface area contributed by atoms with Gasteiger partial charge in [-0.15, -0.1) is 0 Å². The Morgan fingerprint density at radius 3 is 2.56 bits per heavy atom. The minimum absolute atomic E-state index is 0.0524. The summed E-state index contributed by atoms with van der Waals surface area (Å²) in [4.78, 5) is 12.5. The molecule has 2 aliphatic rings. The van der Waals surface area contributed by atoms with E-state index in [4.69, 9.17) is 5.14 Å². The Bertz CT molecular complexity index is 712. The molecule has 1 spiro atoms. The Balaban J connectivity index is 1.45. The van der Waals surface area contributed by atoms with Crippen molar-refractivity contribution in [3.05, 3.63) is 29.8 Å². The van der Waals surface area contributed by atoms with Gasteiger partial charge in [0, 0.05) is 13.1 Å². The van der Waals surface area contributed by atoms with Crippen LogP contribution in [0.3, 0.4) is 0 Å². The van der Waals surface area contributed by atoms with Gasteiger partial charge in [-0.25, -0.2) is 13.6 Å². The lowest BCUT2D eigenvalue weighted by molar-refractivity contribution is -0.122. The fourth-order valence-electron chi connectivity index (χ4n) is 3.74. The number of hydrogen-bond donors (Lipinski definition) is 4. The summed E-state index contributed by atoms with van der Waals surface area (Å²) in [5, 5.41) is 14.8. The number of benzene rings is 1. The molecule has 2 saturated heterocycles.